The molecule has 2 fully saturated rings. The van der Waals surface area contributed by atoms with Crippen LogP contribution in [0.3, 0.4) is 0 Å². The molecular weight excluding hydrogens is 212 g/mol. The van der Waals surface area contributed by atoms with E-state index in [1.807, 2.05) is 0 Å². The van der Waals surface area contributed by atoms with Crippen molar-refractivity contribution in [2.45, 2.75) is 37.1 Å². The molecule has 0 amide bonds. The van der Waals surface area contributed by atoms with Crippen LogP contribution in [0.5, 0.6) is 0 Å². The molecule has 0 heterocycles. The van der Waals surface area contributed by atoms with Gasteiger partial charge in [-0.05, 0) is 25.2 Å². The third kappa shape index (κ3) is 1.87. The van der Waals surface area contributed by atoms with Crippen molar-refractivity contribution in [2.75, 3.05) is 19.8 Å². The highest BCUT2D eigenvalue weighted by Crippen LogP contribution is 2.52. The van der Waals surface area contributed by atoms with E-state index in [0.29, 0.717) is 12.3 Å². The van der Waals surface area contributed by atoms with Gasteiger partial charge < -0.3 is 25.2 Å². The van der Waals surface area contributed by atoms with E-state index in [9.17, 15) is 5.11 Å². The van der Waals surface area contributed by atoms with Gasteiger partial charge in [-0.2, -0.15) is 0 Å². The summed E-state index contributed by atoms with van der Waals surface area (Å²) in [5.74, 6) is -0.734. The number of ether oxygens (including phenoxy) is 1. The van der Waals surface area contributed by atoms with Crippen LogP contribution in [-0.4, -0.2) is 51.6 Å². The Balaban J connectivity index is 2.08. The first-order valence-electron chi connectivity index (χ1n) is 5.82. The number of hydrogen-bond acceptors (Lipinski definition) is 5. The molecule has 0 spiro atoms. The molecule has 2 rings (SSSR count). The zero-order valence-electron chi connectivity index (χ0n) is 9.30. The summed E-state index contributed by atoms with van der Waals surface area (Å²) >= 11 is 0. The number of aliphatic hydroxyl groups excluding tert-OH is 3. The third-order valence-corrected chi connectivity index (χ3v) is 4.02. The van der Waals surface area contributed by atoms with Crippen molar-refractivity contribution < 1.29 is 25.2 Å². The minimum atomic E-state index is -1.43. The molecule has 2 aliphatic rings. The fourth-order valence-electron chi connectivity index (χ4n) is 3.00. The Labute approximate surface area is 94.7 Å². The van der Waals surface area contributed by atoms with Gasteiger partial charge in [-0.25, -0.2) is 0 Å². The Bertz CT molecular complexity index is 244. The van der Waals surface area contributed by atoms with Crippen LogP contribution in [0, 0.1) is 11.8 Å². The molecule has 94 valence electrons. The van der Waals surface area contributed by atoms with Gasteiger partial charge in [0.05, 0.1) is 19.8 Å². The molecule has 0 saturated heterocycles. The SMILES string of the molecule is OCC(CO)(CO)OC1(O)CC2CCC1C2. The molecule has 0 aromatic heterocycles. The van der Waals surface area contributed by atoms with E-state index in [1.54, 1.807) is 0 Å². The highest BCUT2D eigenvalue weighted by molar-refractivity contribution is 4.98. The number of aliphatic hydroxyl groups is 4. The second-order valence-electron chi connectivity index (χ2n) is 5.18. The number of hydrogen-bond donors (Lipinski definition) is 4. The average Bonchev–Trinajstić information content (AvgIpc) is 2.86. The Morgan fingerprint density at radius 2 is 1.75 bits per heavy atom. The molecule has 0 aromatic carbocycles. The Kier molecular flexibility index (Phi) is 3.25. The second kappa shape index (κ2) is 4.23. The van der Waals surface area contributed by atoms with Gasteiger partial charge in [0.1, 0.15) is 5.60 Å². The van der Waals surface area contributed by atoms with Gasteiger partial charge >= 0.3 is 0 Å². The summed E-state index contributed by atoms with van der Waals surface area (Å²) in [4.78, 5) is 0. The summed E-state index contributed by atoms with van der Waals surface area (Å²) in [7, 11) is 0. The first-order chi connectivity index (χ1) is 7.57. The summed E-state index contributed by atoms with van der Waals surface area (Å²) in [6, 6.07) is 0. The van der Waals surface area contributed by atoms with Crippen molar-refractivity contribution in [1.82, 2.24) is 0 Å². The molecule has 2 saturated carbocycles. The molecular formula is C11H20O5. The van der Waals surface area contributed by atoms with Crippen molar-refractivity contribution in [3.05, 3.63) is 0 Å². The van der Waals surface area contributed by atoms with E-state index in [2.05, 4.69) is 0 Å². The van der Waals surface area contributed by atoms with Crippen molar-refractivity contribution in [3.63, 3.8) is 0 Å². The summed E-state index contributed by atoms with van der Waals surface area (Å²) in [6.45, 7) is -1.50. The molecule has 0 aliphatic heterocycles. The van der Waals surface area contributed by atoms with Crippen LogP contribution in [0.15, 0.2) is 0 Å². The fraction of sp³-hybridized carbons (Fsp3) is 1.00. The fourth-order valence-corrected chi connectivity index (χ4v) is 3.00. The molecule has 2 aliphatic carbocycles. The number of fused-ring (bicyclic) bond motifs is 2. The van der Waals surface area contributed by atoms with Crippen LogP contribution < -0.4 is 0 Å². The average molecular weight is 232 g/mol. The first kappa shape index (κ1) is 12.3. The first-order valence-corrected chi connectivity index (χ1v) is 5.82. The van der Waals surface area contributed by atoms with E-state index >= 15 is 0 Å². The van der Waals surface area contributed by atoms with Crippen LogP contribution in [0.1, 0.15) is 25.7 Å². The molecule has 0 radical (unpaired) electrons. The third-order valence-electron chi connectivity index (χ3n) is 4.02. The highest BCUT2D eigenvalue weighted by Gasteiger charge is 2.54. The molecule has 5 heteroatoms. The minimum Gasteiger partial charge on any atom is -0.393 e. The topological polar surface area (TPSA) is 90.2 Å². The van der Waals surface area contributed by atoms with E-state index in [1.165, 1.54) is 0 Å². The lowest BCUT2D eigenvalue weighted by Crippen LogP contribution is -2.54. The Morgan fingerprint density at radius 1 is 1.12 bits per heavy atom. The smallest absolute Gasteiger partial charge is 0.169 e. The lowest BCUT2D eigenvalue weighted by atomic mass is 9.93. The summed E-state index contributed by atoms with van der Waals surface area (Å²) < 4.78 is 5.47. The molecule has 2 bridgehead atoms. The Morgan fingerprint density at radius 3 is 2.12 bits per heavy atom. The van der Waals surface area contributed by atoms with Crippen LogP contribution in [0.2, 0.25) is 0 Å². The maximum absolute atomic E-state index is 10.4. The van der Waals surface area contributed by atoms with E-state index in [-0.39, 0.29) is 5.92 Å². The molecule has 5 nitrogen and oxygen atoms in total. The van der Waals surface area contributed by atoms with Crippen molar-refractivity contribution in [1.29, 1.82) is 0 Å². The standard InChI is InChI=1S/C11H20O5/c12-5-10(6-13,7-14)16-11(15)4-8-1-2-9(11)3-8/h8-9,12-15H,1-7H2. The van der Waals surface area contributed by atoms with Gasteiger partial charge in [-0.1, -0.05) is 0 Å². The second-order valence-corrected chi connectivity index (χ2v) is 5.18. The van der Waals surface area contributed by atoms with Gasteiger partial charge in [-0.15, -0.1) is 0 Å². The van der Waals surface area contributed by atoms with Gasteiger partial charge in [0.15, 0.2) is 5.79 Å². The van der Waals surface area contributed by atoms with E-state index in [4.69, 9.17) is 20.1 Å². The summed E-state index contributed by atoms with van der Waals surface area (Å²) in [5, 5.41) is 37.9. The van der Waals surface area contributed by atoms with Crippen LogP contribution in [0.4, 0.5) is 0 Å². The van der Waals surface area contributed by atoms with Crippen molar-refractivity contribution in [3.8, 4) is 0 Å². The zero-order valence-corrected chi connectivity index (χ0v) is 9.30. The zero-order chi connectivity index (χ0) is 11.8. The molecule has 3 atom stereocenters. The predicted octanol–water partition coefficient (Wildman–Crippen LogP) is -0.773. The summed E-state index contributed by atoms with van der Waals surface area (Å²) in [6.07, 6.45) is 3.51. The molecule has 3 unspecified atom stereocenters. The molecule has 4 N–H and O–H groups in total. The maximum Gasteiger partial charge on any atom is 0.169 e. The van der Waals surface area contributed by atoms with Crippen LogP contribution >= 0.6 is 0 Å². The van der Waals surface area contributed by atoms with Crippen molar-refractivity contribution >= 4 is 0 Å². The maximum atomic E-state index is 10.4. The van der Waals surface area contributed by atoms with Crippen LogP contribution in [0.25, 0.3) is 0 Å². The van der Waals surface area contributed by atoms with Gasteiger partial charge in [-0.3, -0.25) is 0 Å². The normalized spacial score (nSPS) is 38.2. The summed E-state index contributed by atoms with van der Waals surface area (Å²) in [5.41, 5.74) is -1.43. The lowest BCUT2D eigenvalue weighted by molar-refractivity contribution is -0.308. The minimum absolute atomic E-state index is 0.0709. The molecule has 0 aromatic rings. The monoisotopic (exact) mass is 232 g/mol. The van der Waals surface area contributed by atoms with Gasteiger partial charge in [0, 0.05) is 12.3 Å². The largest absolute Gasteiger partial charge is 0.393 e. The van der Waals surface area contributed by atoms with Gasteiger partial charge in [0.25, 0.3) is 0 Å². The number of rotatable bonds is 5. The molecule has 16 heavy (non-hydrogen) atoms. The quantitative estimate of drug-likeness (QED) is 0.467. The van der Waals surface area contributed by atoms with E-state index < -0.39 is 31.2 Å². The van der Waals surface area contributed by atoms with Crippen molar-refractivity contribution in [2.24, 2.45) is 11.8 Å². The van der Waals surface area contributed by atoms with E-state index in [0.717, 1.165) is 19.3 Å². The van der Waals surface area contributed by atoms with Gasteiger partial charge in [0.2, 0.25) is 0 Å². The predicted molar refractivity (Wildman–Crippen MR) is 55.5 cm³/mol. The lowest BCUT2D eigenvalue weighted by Gasteiger charge is -2.40. The van der Waals surface area contributed by atoms with Crippen LogP contribution in [-0.2, 0) is 4.74 Å². The highest BCUT2D eigenvalue weighted by atomic mass is 16.7. The Hall–Kier alpha value is -0.200.